The number of rotatable bonds is 9. The lowest BCUT2D eigenvalue weighted by Crippen LogP contribution is -2.38. The number of amides is 1. The van der Waals surface area contributed by atoms with E-state index in [9.17, 15) is 9.59 Å². The molecule has 0 bridgehead atoms. The molecule has 1 aromatic heterocycles. The number of aryl methyl sites for hydroxylation is 1. The molecule has 0 saturated heterocycles. The van der Waals surface area contributed by atoms with E-state index in [1.807, 2.05) is 20.8 Å². The lowest BCUT2D eigenvalue weighted by atomic mass is 9.86. The zero-order valence-electron chi connectivity index (χ0n) is 20.9. The Morgan fingerprint density at radius 2 is 1.81 bits per heavy atom. The van der Waals surface area contributed by atoms with Crippen LogP contribution in [0.25, 0.3) is 0 Å². The first-order valence-electron chi connectivity index (χ1n) is 11.6. The van der Waals surface area contributed by atoms with Crippen LogP contribution in [-0.4, -0.2) is 26.8 Å². The van der Waals surface area contributed by atoms with Crippen molar-refractivity contribution in [1.82, 2.24) is 14.9 Å². The molecule has 5 nitrogen and oxygen atoms in total. The fourth-order valence-corrected chi connectivity index (χ4v) is 4.65. The van der Waals surface area contributed by atoms with Crippen LogP contribution in [0, 0.1) is 6.92 Å². The number of thioether (sulfide) groups is 1. The summed E-state index contributed by atoms with van der Waals surface area (Å²) in [5.41, 5.74) is 3.86. The van der Waals surface area contributed by atoms with Gasteiger partial charge in [0.05, 0.1) is 5.25 Å². The van der Waals surface area contributed by atoms with Gasteiger partial charge in [0.1, 0.15) is 0 Å². The molecule has 1 aromatic carbocycles. The standard InChI is InChI=1S/C26H39N3O2S/c1-9-10-11-22(23(30)27-17(2)3)32-25-28-18(4)21(24(31)29(25)8)16-19-12-14-20(15-13-19)26(5,6)7/h12-15,17,22H,9-11,16H2,1-8H3,(H,27,30). The Kier molecular flexibility index (Phi) is 9.14. The molecule has 1 N–H and O–H groups in total. The van der Waals surface area contributed by atoms with Crippen molar-refractivity contribution in [2.75, 3.05) is 0 Å². The maximum Gasteiger partial charge on any atom is 0.257 e. The number of carbonyl (C=O) groups is 1. The minimum atomic E-state index is -0.259. The fraction of sp³-hybridized carbons (Fsp3) is 0.577. The minimum Gasteiger partial charge on any atom is -0.353 e. The molecule has 0 fully saturated rings. The Labute approximate surface area is 197 Å². The van der Waals surface area contributed by atoms with Gasteiger partial charge < -0.3 is 5.32 Å². The Morgan fingerprint density at radius 3 is 2.34 bits per heavy atom. The Bertz CT molecular complexity index is 972. The molecule has 6 heteroatoms. The summed E-state index contributed by atoms with van der Waals surface area (Å²) in [6, 6.07) is 8.55. The molecular weight excluding hydrogens is 418 g/mol. The third kappa shape index (κ3) is 6.96. The summed E-state index contributed by atoms with van der Waals surface area (Å²) >= 11 is 1.39. The average molecular weight is 458 g/mol. The summed E-state index contributed by atoms with van der Waals surface area (Å²) in [4.78, 5) is 30.6. The van der Waals surface area contributed by atoms with Crippen LogP contribution in [0.2, 0.25) is 0 Å². The molecular formula is C26H39N3O2S. The number of nitrogens with zero attached hydrogens (tertiary/aromatic N) is 2. The number of nitrogens with one attached hydrogen (secondary N) is 1. The summed E-state index contributed by atoms with van der Waals surface area (Å²) in [7, 11) is 1.75. The van der Waals surface area contributed by atoms with Gasteiger partial charge >= 0.3 is 0 Å². The Morgan fingerprint density at radius 1 is 1.19 bits per heavy atom. The van der Waals surface area contributed by atoms with Gasteiger partial charge in [0, 0.05) is 30.8 Å². The topological polar surface area (TPSA) is 64.0 Å². The van der Waals surface area contributed by atoms with Crippen molar-refractivity contribution >= 4 is 17.7 Å². The molecule has 0 aliphatic heterocycles. The van der Waals surface area contributed by atoms with Crippen molar-refractivity contribution in [1.29, 1.82) is 0 Å². The molecule has 1 atom stereocenters. The van der Waals surface area contributed by atoms with Gasteiger partial charge in [0.25, 0.3) is 5.56 Å². The summed E-state index contributed by atoms with van der Waals surface area (Å²) in [6.07, 6.45) is 3.29. The van der Waals surface area contributed by atoms with E-state index in [0.717, 1.165) is 30.5 Å². The number of benzene rings is 1. The van der Waals surface area contributed by atoms with E-state index in [2.05, 4.69) is 57.3 Å². The van der Waals surface area contributed by atoms with Crippen molar-refractivity contribution in [2.45, 2.75) is 96.0 Å². The van der Waals surface area contributed by atoms with Crippen molar-refractivity contribution in [3.8, 4) is 0 Å². The van der Waals surface area contributed by atoms with Crippen LogP contribution in [0.1, 0.15) is 83.2 Å². The summed E-state index contributed by atoms with van der Waals surface area (Å²) in [6.45, 7) is 14.5. The maximum atomic E-state index is 13.2. The average Bonchev–Trinajstić information content (AvgIpc) is 2.71. The molecule has 0 spiro atoms. The predicted molar refractivity (Wildman–Crippen MR) is 135 cm³/mol. The van der Waals surface area contributed by atoms with Gasteiger partial charge in [-0.1, -0.05) is 76.6 Å². The molecule has 1 unspecified atom stereocenters. The smallest absolute Gasteiger partial charge is 0.257 e. The second kappa shape index (κ2) is 11.2. The molecule has 0 radical (unpaired) electrons. The van der Waals surface area contributed by atoms with Gasteiger partial charge in [-0.15, -0.1) is 0 Å². The van der Waals surface area contributed by atoms with Crippen molar-refractivity contribution in [3.63, 3.8) is 0 Å². The highest BCUT2D eigenvalue weighted by Gasteiger charge is 2.23. The third-order valence-corrected chi connectivity index (χ3v) is 6.85. The molecule has 2 rings (SSSR count). The van der Waals surface area contributed by atoms with E-state index < -0.39 is 0 Å². The monoisotopic (exact) mass is 457 g/mol. The number of carbonyl (C=O) groups excluding carboxylic acids is 1. The van der Waals surface area contributed by atoms with Crippen LogP contribution < -0.4 is 10.9 Å². The second-order valence-corrected chi connectivity index (χ2v) is 11.0. The number of unbranched alkanes of at least 4 members (excludes halogenated alkanes) is 1. The van der Waals surface area contributed by atoms with Crippen LogP contribution in [0.4, 0.5) is 0 Å². The van der Waals surface area contributed by atoms with Crippen molar-refractivity contribution in [3.05, 3.63) is 57.0 Å². The van der Waals surface area contributed by atoms with E-state index in [0.29, 0.717) is 17.1 Å². The quantitative estimate of drug-likeness (QED) is 0.418. The van der Waals surface area contributed by atoms with E-state index in [1.165, 1.54) is 17.3 Å². The highest BCUT2D eigenvalue weighted by atomic mass is 32.2. The largest absolute Gasteiger partial charge is 0.353 e. The lowest BCUT2D eigenvalue weighted by Gasteiger charge is -2.20. The Balaban J connectivity index is 2.29. The van der Waals surface area contributed by atoms with Crippen molar-refractivity contribution < 1.29 is 4.79 Å². The van der Waals surface area contributed by atoms with Crippen molar-refractivity contribution in [2.24, 2.45) is 7.05 Å². The molecule has 0 saturated carbocycles. The highest BCUT2D eigenvalue weighted by molar-refractivity contribution is 8.00. The SMILES string of the molecule is CCCCC(Sc1nc(C)c(Cc2ccc(C(C)(C)C)cc2)c(=O)n1C)C(=O)NC(C)C. The van der Waals surface area contributed by atoms with Crippen LogP contribution in [0.3, 0.4) is 0 Å². The molecule has 0 aliphatic rings. The van der Waals surface area contributed by atoms with Gasteiger partial charge in [0.15, 0.2) is 5.16 Å². The van der Waals surface area contributed by atoms with Crippen LogP contribution in [-0.2, 0) is 23.7 Å². The summed E-state index contributed by atoms with van der Waals surface area (Å²) < 4.78 is 1.60. The van der Waals surface area contributed by atoms with Gasteiger partial charge in [-0.2, -0.15) is 0 Å². The van der Waals surface area contributed by atoms with Crippen LogP contribution in [0.15, 0.2) is 34.2 Å². The van der Waals surface area contributed by atoms with E-state index in [1.54, 1.807) is 11.6 Å². The fourth-order valence-electron chi connectivity index (χ4n) is 3.50. The third-order valence-electron chi connectivity index (χ3n) is 5.54. The number of aromatic nitrogens is 2. The second-order valence-electron chi connectivity index (χ2n) is 9.86. The molecule has 32 heavy (non-hydrogen) atoms. The molecule has 1 amide bonds. The first-order chi connectivity index (χ1) is 14.9. The molecule has 2 aromatic rings. The van der Waals surface area contributed by atoms with Gasteiger partial charge in [0.2, 0.25) is 5.91 Å². The molecule has 1 heterocycles. The lowest BCUT2D eigenvalue weighted by molar-refractivity contribution is -0.121. The zero-order chi connectivity index (χ0) is 24.1. The molecule has 0 aliphatic carbocycles. The van der Waals surface area contributed by atoms with Gasteiger partial charge in [-0.05, 0) is 43.7 Å². The number of hydrogen-bond acceptors (Lipinski definition) is 4. The molecule has 176 valence electrons. The highest BCUT2D eigenvalue weighted by Crippen LogP contribution is 2.26. The normalized spacial score (nSPS) is 12.8. The first kappa shape index (κ1) is 26.2. The van der Waals surface area contributed by atoms with E-state index in [-0.39, 0.29) is 28.2 Å². The summed E-state index contributed by atoms with van der Waals surface area (Å²) in [5.74, 6) is 0.00775. The van der Waals surface area contributed by atoms with E-state index in [4.69, 9.17) is 4.98 Å². The van der Waals surface area contributed by atoms with E-state index >= 15 is 0 Å². The van der Waals surface area contributed by atoms with Crippen LogP contribution >= 0.6 is 11.8 Å². The number of hydrogen-bond donors (Lipinski definition) is 1. The predicted octanol–water partition coefficient (Wildman–Crippen LogP) is 5.15. The maximum absolute atomic E-state index is 13.2. The van der Waals surface area contributed by atoms with Crippen LogP contribution in [0.5, 0.6) is 0 Å². The zero-order valence-corrected chi connectivity index (χ0v) is 21.7. The summed E-state index contributed by atoms with van der Waals surface area (Å²) in [5, 5.41) is 3.34. The Hall–Kier alpha value is -2.08. The minimum absolute atomic E-state index is 0.00775. The van der Waals surface area contributed by atoms with Gasteiger partial charge in [-0.25, -0.2) is 4.98 Å². The first-order valence-corrected chi connectivity index (χ1v) is 12.4. The van der Waals surface area contributed by atoms with Gasteiger partial charge in [-0.3, -0.25) is 14.2 Å².